The fraction of sp³-hybridized carbons (Fsp3) is 0.455. The van der Waals surface area contributed by atoms with Crippen LogP contribution in [0.1, 0.15) is 61.1 Å². The zero-order valence-electron chi connectivity index (χ0n) is 30.7. The summed E-state index contributed by atoms with van der Waals surface area (Å²) in [5, 5.41) is 0. The first-order valence-electron chi connectivity index (χ1n) is 18.7. The van der Waals surface area contributed by atoms with Crippen molar-refractivity contribution in [3.05, 3.63) is 118 Å². The van der Waals surface area contributed by atoms with Crippen molar-refractivity contribution in [3.63, 3.8) is 0 Å². The molecule has 0 N–H and O–H groups in total. The van der Waals surface area contributed by atoms with E-state index in [2.05, 4.69) is 113 Å². The van der Waals surface area contributed by atoms with Crippen LogP contribution in [-0.4, -0.2) is 77.3 Å². The van der Waals surface area contributed by atoms with Gasteiger partial charge in [0.05, 0.1) is 26.4 Å². The van der Waals surface area contributed by atoms with Crippen molar-refractivity contribution in [2.45, 2.75) is 75.8 Å². The van der Waals surface area contributed by atoms with Gasteiger partial charge in [0.1, 0.15) is 73.8 Å². The van der Waals surface area contributed by atoms with E-state index in [1.807, 2.05) is 0 Å². The van der Waals surface area contributed by atoms with E-state index in [9.17, 15) is 0 Å². The number of aryl methyl sites for hydroxylation is 2. The average molecular weight is 707 g/mol. The summed E-state index contributed by atoms with van der Waals surface area (Å²) in [5.41, 5.74) is 6.77. The molecule has 0 spiro atoms. The summed E-state index contributed by atoms with van der Waals surface area (Å²) >= 11 is 0. The molecule has 0 saturated carbocycles. The Balaban J connectivity index is 1.03. The topological polar surface area (TPSA) is 87.0 Å². The lowest BCUT2D eigenvalue weighted by Gasteiger charge is -2.28. The van der Waals surface area contributed by atoms with Crippen LogP contribution in [0.15, 0.2) is 84.9 Å². The number of ether oxygens (including phenoxy) is 8. The monoisotopic (exact) mass is 706 g/mol. The highest BCUT2D eigenvalue weighted by atomic mass is 16.6. The van der Waals surface area contributed by atoms with Crippen LogP contribution in [0.5, 0.6) is 23.0 Å². The highest BCUT2D eigenvalue weighted by Crippen LogP contribution is 2.38. The van der Waals surface area contributed by atoms with Crippen LogP contribution < -0.4 is 18.9 Å². The van der Waals surface area contributed by atoms with Gasteiger partial charge in [-0.3, -0.25) is 0 Å². The average Bonchev–Trinajstić information content (AvgIpc) is 3.97. The fourth-order valence-electron chi connectivity index (χ4n) is 6.55. The van der Waals surface area contributed by atoms with Gasteiger partial charge in [0.15, 0.2) is 0 Å². The van der Waals surface area contributed by atoms with E-state index in [4.69, 9.17) is 37.9 Å². The van der Waals surface area contributed by atoms with Gasteiger partial charge in [-0.2, -0.15) is 0 Å². The van der Waals surface area contributed by atoms with E-state index >= 15 is 0 Å². The number of hydrogen-bond acceptors (Lipinski definition) is 8. The molecule has 4 aromatic carbocycles. The Labute approximate surface area is 307 Å². The number of rotatable bonds is 19. The minimum absolute atomic E-state index is 0.174. The van der Waals surface area contributed by atoms with E-state index in [1.54, 1.807) is 0 Å². The number of hydrogen-bond donors (Lipinski definition) is 0. The minimum Gasteiger partial charge on any atom is -0.491 e. The molecule has 0 aromatic heterocycles. The predicted molar refractivity (Wildman–Crippen MR) is 198 cm³/mol. The van der Waals surface area contributed by atoms with Crippen molar-refractivity contribution in [3.8, 4) is 23.0 Å². The quantitative estimate of drug-likeness (QED) is 0.0945. The molecule has 8 nitrogen and oxygen atoms in total. The summed E-state index contributed by atoms with van der Waals surface area (Å²) in [5.74, 6) is 3.54. The second-order valence-electron chi connectivity index (χ2n) is 15.5. The Kier molecular flexibility index (Phi) is 9.92. The van der Waals surface area contributed by atoms with Crippen molar-refractivity contribution in [1.29, 1.82) is 0 Å². The molecule has 0 amide bonds. The SMILES string of the molecule is CC(C)(c1ccc(OCC2CO2)cc1)c1ccc(OCC2CO2)c(CCc2cc(C(C)(C)c3ccc(OCC4CO4)cc3)ccc2OCC2CO2)c1. The van der Waals surface area contributed by atoms with Gasteiger partial charge in [-0.1, -0.05) is 76.2 Å². The summed E-state index contributed by atoms with van der Waals surface area (Å²) in [4.78, 5) is 0. The number of benzene rings is 4. The summed E-state index contributed by atoms with van der Waals surface area (Å²) in [6, 6.07) is 30.2. The van der Waals surface area contributed by atoms with E-state index in [0.29, 0.717) is 26.4 Å². The number of epoxide rings is 4. The zero-order chi connectivity index (χ0) is 35.7. The van der Waals surface area contributed by atoms with Gasteiger partial charge in [-0.05, 0) is 82.6 Å². The normalized spacial score (nSPS) is 21.7. The van der Waals surface area contributed by atoms with Crippen molar-refractivity contribution in [2.24, 2.45) is 0 Å². The van der Waals surface area contributed by atoms with Gasteiger partial charge >= 0.3 is 0 Å². The van der Waals surface area contributed by atoms with Crippen molar-refractivity contribution < 1.29 is 37.9 Å². The molecule has 52 heavy (non-hydrogen) atoms. The van der Waals surface area contributed by atoms with E-state index in [-0.39, 0.29) is 35.2 Å². The molecule has 274 valence electrons. The van der Waals surface area contributed by atoms with Crippen LogP contribution in [0.25, 0.3) is 0 Å². The molecule has 4 aromatic rings. The lowest BCUT2D eigenvalue weighted by Crippen LogP contribution is -2.20. The third kappa shape index (κ3) is 8.75. The Morgan fingerprint density at radius 1 is 0.442 bits per heavy atom. The second-order valence-corrected chi connectivity index (χ2v) is 15.5. The Bertz CT molecular complexity index is 1680. The summed E-state index contributed by atoms with van der Waals surface area (Å²) in [7, 11) is 0. The first-order chi connectivity index (χ1) is 25.2. The van der Waals surface area contributed by atoms with Crippen molar-refractivity contribution >= 4 is 0 Å². The molecule has 0 radical (unpaired) electrons. The minimum atomic E-state index is -0.236. The Morgan fingerprint density at radius 2 is 0.750 bits per heavy atom. The molecule has 0 bridgehead atoms. The molecule has 4 fully saturated rings. The molecule has 8 rings (SSSR count). The van der Waals surface area contributed by atoms with Crippen LogP contribution in [0.2, 0.25) is 0 Å². The Hall–Kier alpha value is -4.08. The summed E-state index contributed by atoms with van der Waals surface area (Å²) in [6.07, 6.45) is 2.39. The molecule has 4 saturated heterocycles. The fourth-order valence-corrected chi connectivity index (χ4v) is 6.55. The van der Waals surface area contributed by atoms with E-state index in [1.165, 1.54) is 33.4 Å². The lowest BCUT2D eigenvalue weighted by atomic mass is 9.77. The highest BCUT2D eigenvalue weighted by molar-refractivity contribution is 5.48. The van der Waals surface area contributed by atoms with Gasteiger partial charge in [-0.25, -0.2) is 0 Å². The molecule has 8 heteroatoms. The molecule has 4 aliphatic rings. The maximum absolute atomic E-state index is 6.37. The van der Waals surface area contributed by atoms with Crippen LogP contribution >= 0.6 is 0 Å². The summed E-state index contributed by atoms with van der Waals surface area (Å²) < 4.78 is 46.1. The van der Waals surface area contributed by atoms with Gasteiger partial charge in [-0.15, -0.1) is 0 Å². The molecule has 4 atom stereocenters. The van der Waals surface area contributed by atoms with Gasteiger partial charge < -0.3 is 37.9 Å². The molecule has 4 unspecified atom stereocenters. The van der Waals surface area contributed by atoms with Crippen molar-refractivity contribution in [2.75, 3.05) is 52.9 Å². The molecule has 0 aliphatic carbocycles. The van der Waals surface area contributed by atoms with Crippen LogP contribution in [-0.2, 0) is 42.6 Å². The first-order valence-corrected chi connectivity index (χ1v) is 18.7. The standard InChI is InChI=1S/C44H50O8/c1-43(2,31-7-13-35(14-8-31)45-21-37-23-47-37)33-11-17-41(51-27-39-25-49-39)29(19-33)5-6-30-20-34(12-18-42(30)52-28-40-26-50-40)44(3,4)32-9-15-36(16-10-32)46-22-38-24-48-38/h7-20,37-40H,5-6,21-28H2,1-4H3. The highest BCUT2D eigenvalue weighted by Gasteiger charge is 2.29. The molecule has 4 heterocycles. The first kappa shape index (κ1) is 35.0. The summed E-state index contributed by atoms with van der Waals surface area (Å²) in [6.45, 7) is 14.5. The van der Waals surface area contributed by atoms with Crippen LogP contribution in [0, 0.1) is 0 Å². The molecule has 4 aliphatic heterocycles. The van der Waals surface area contributed by atoms with Crippen molar-refractivity contribution in [1.82, 2.24) is 0 Å². The maximum Gasteiger partial charge on any atom is 0.122 e. The van der Waals surface area contributed by atoms with Crippen LogP contribution in [0.4, 0.5) is 0 Å². The van der Waals surface area contributed by atoms with E-state index in [0.717, 1.165) is 62.3 Å². The lowest BCUT2D eigenvalue weighted by molar-refractivity contribution is 0.259. The maximum atomic E-state index is 6.37. The molecular weight excluding hydrogens is 656 g/mol. The predicted octanol–water partition coefficient (Wildman–Crippen LogP) is 7.23. The zero-order valence-corrected chi connectivity index (χ0v) is 30.7. The second kappa shape index (κ2) is 14.7. The smallest absolute Gasteiger partial charge is 0.122 e. The van der Waals surface area contributed by atoms with Gasteiger partial charge in [0.2, 0.25) is 0 Å². The largest absolute Gasteiger partial charge is 0.491 e. The molecular formula is C44H50O8. The van der Waals surface area contributed by atoms with Crippen LogP contribution in [0.3, 0.4) is 0 Å². The third-order valence-electron chi connectivity index (χ3n) is 10.7. The Morgan fingerprint density at radius 3 is 1.08 bits per heavy atom. The van der Waals surface area contributed by atoms with Gasteiger partial charge in [0, 0.05) is 10.8 Å². The van der Waals surface area contributed by atoms with E-state index < -0.39 is 0 Å². The third-order valence-corrected chi connectivity index (χ3v) is 10.7. The van der Waals surface area contributed by atoms with Gasteiger partial charge in [0.25, 0.3) is 0 Å².